The van der Waals surface area contributed by atoms with Crippen LogP contribution in [-0.4, -0.2) is 35.7 Å². The van der Waals surface area contributed by atoms with Crippen molar-refractivity contribution in [3.8, 4) is 5.75 Å². The first-order valence-corrected chi connectivity index (χ1v) is 8.77. The standard InChI is InChI=1S/C19H18ClN3O4/c1-11-19(26)23(2)13-10-12(6-8-15(13)27-11)14(24)7-9-18(25)22-17-5-3-4-16(20)21-17/h3-6,8,10-11H,7,9H2,1-2H3,(H,21,22,25). The van der Waals surface area contributed by atoms with Crippen molar-refractivity contribution in [3.05, 3.63) is 47.1 Å². The number of nitrogens with zero attached hydrogens (tertiary/aromatic N) is 2. The molecule has 2 amide bonds. The molecule has 1 aliphatic rings. The van der Waals surface area contributed by atoms with E-state index < -0.39 is 6.10 Å². The minimum Gasteiger partial charge on any atom is -0.479 e. The molecule has 0 spiro atoms. The van der Waals surface area contributed by atoms with Gasteiger partial charge in [0, 0.05) is 25.5 Å². The molecule has 0 saturated heterocycles. The second-order valence-electron chi connectivity index (χ2n) is 6.16. The Bertz CT molecular complexity index is 916. The van der Waals surface area contributed by atoms with E-state index in [1.54, 1.807) is 50.4 Å². The molecule has 7 nitrogen and oxygen atoms in total. The zero-order valence-electron chi connectivity index (χ0n) is 14.9. The number of nitrogens with one attached hydrogen (secondary N) is 1. The summed E-state index contributed by atoms with van der Waals surface area (Å²) in [5.74, 6) is 0.165. The number of amides is 2. The van der Waals surface area contributed by atoms with E-state index in [-0.39, 0.29) is 35.6 Å². The van der Waals surface area contributed by atoms with E-state index >= 15 is 0 Å². The number of likely N-dealkylation sites (N-methyl/N-ethyl adjacent to an activating group) is 1. The summed E-state index contributed by atoms with van der Waals surface area (Å²) in [4.78, 5) is 41.9. The van der Waals surface area contributed by atoms with Crippen LogP contribution in [0.2, 0.25) is 5.15 Å². The summed E-state index contributed by atoms with van der Waals surface area (Å²) in [6.45, 7) is 1.67. The molecule has 1 aromatic heterocycles. The maximum atomic E-state index is 12.4. The monoisotopic (exact) mass is 387 g/mol. The van der Waals surface area contributed by atoms with Gasteiger partial charge in [-0.2, -0.15) is 0 Å². The van der Waals surface area contributed by atoms with Crippen molar-refractivity contribution < 1.29 is 19.1 Å². The molecule has 1 N–H and O–H groups in total. The second-order valence-corrected chi connectivity index (χ2v) is 6.54. The Kier molecular flexibility index (Phi) is 5.41. The van der Waals surface area contributed by atoms with Gasteiger partial charge in [-0.05, 0) is 37.3 Å². The molecule has 0 aliphatic carbocycles. The molecule has 1 atom stereocenters. The van der Waals surface area contributed by atoms with Crippen molar-refractivity contribution in [2.24, 2.45) is 0 Å². The number of anilines is 2. The van der Waals surface area contributed by atoms with E-state index in [0.29, 0.717) is 22.8 Å². The van der Waals surface area contributed by atoms with Crippen LogP contribution in [0.3, 0.4) is 0 Å². The summed E-state index contributed by atoms with van der Waals surface area (Å²) >= 11 is 5.77. The largest absolute Gasteiger partial charge is 0.479 e. The van der Waals surface area contributed by atoms with Crippen LogP contribution >= 0.6 is 11.6 Å². The van der Waals surface area contributed by atoms with Crippen molar-refractivity contribution >= 4 is 40.7 Å². The number of aromatic nitrogens is 1. The molecular formula is C19H18ClN3O4. The first kappa shape index (κ1) is 18.8. The van der Waals surface area contributed by atoms with Crippen LogP contribution in [0, 0.1) is 0 Å². The van der Waals surface area contributed by atoms with E-state index in [1.165, 1.54) is 4.90 Å². The molecule has 8 heteroatoms. The molecule has 0 bridgehead atoms. The zero-order valence-corrected chi connectivity index (χ0v) is 15.6. The van der Waals surface area contributed by atoms with E-state index in [9.17, 15) is 14.4 Å². The molecule has 0 radical (unpaired) electrons. The highest BCUT2D eigenvalue weighted by atomic mass is 35.5. The van der Waals surface area contributed by atoms with Crippen LogP contribution in [0.1, 0.15) is 30.1 Å². The Balaban J connectivity index is 1.63. The second kappa shape index (κ2) is 7.75. The molecule has 1 aliphatic heterocycles. The van der Waals surface area contributed by atoms with Gasteiger partial charge in [0.15, 0.2) is 11.9 Å². The van der Waals surface area contributed by atoms with Crippen molar-refractivity contribution in [3.63, 3.8) is 0 Å². The molecule has 140 valence electrons. The van der Waals surface area contributed by atoms with Gasteiger partial charge in [-0.3, -0.25) is 14.4 Å². The SMILES string of the molecule is CC1Oc2ccc(C(=O)CCC(=O)Nc3cccc(Cl)n3)cc2N(C)C1=O. The van der Waals surface area contributed by atoms with Gasteiger partial charge in [-0.15, -0.1) is 0 Å². The van der Waals surface area contributed by atoms with Gasteiger partial charge < -0.3 is 15.0 Å². The Hall–Kier alpha value is -2.93. The van der Waals surface area contributed by atoms with Gasteiger partial charge in [-0.25, -0.2) is 4.98 Å². The molecule has 3 rings (SSSR count). The van der Waals surface area contributed by atoms with Crippen LogP contribution in [0.5, 0.6) is 5.75 Å². The first-order chi connectivity index (χ1) is 12.8. The number of Topliss-reactive ketones (excluding diaryl/α,β-unsaturated/α-hetero) is 1. The number of benzene rings is 1. The molecule has 27 heavy (non-hydrogen) atoms. The van der Waals surface area contributed by atoms with Crippen LogP contribution < -0.4 is 15.0 Å². The smallest absolute Gasteiger partial charge is 0.267 e. The van der Waals surface area contributed by atoms with E-state index in [4.69, 9.17) is 16.3 Å². The highest BCUT2D eigenvalue weighted by molar-refractivity contribution is 6.29. The number of carbonyl (C=O) groups excluding carboxylic acids is 3. The van der Waals surface area contributed by atoms with Gasteiger partial charge >= 0.3 is 0 Å². The lowest BCUT2D eigenvalue weighted by Gasteiger charge is -2.30. The number of ether oxygens (including phenoxy) is 1. The van der Waals surface area contributed by atoms with Gasteiger partial charge in [0.2, 0.25) is 5.91 Å². The Labute approximate surface area is 161 Å². The number of carbonyl (C=O) groups is 3. The zero-order chi connectivity index (χ0) is 19.6. The normalized spacial score (nSPS) is 15.7. The summed E-state index contributed by atoms with van der Waals surface area (Å²) in [7, 11) is 1.64. The molecule has 0 fully saturated rings. The Morgan fingerprint density at radius 1 is 1.26 bits per heavy atom. The van der Waals surface area contributed by atoms with E-state index in [0.717, 1.165) is 0 Å². The van der Waals surface area contributed by atoms with Crippen LogP contribution in [0.4, 0.5) is 11.5 Å². The molecule has 2 aromatic rings. The number of hydrogen-bond donors (Lipinski definition) is 1. The lowest BCUT2D eigenvalue weighted by Crippen LogP contribution is -2.42. The number of ketones is 1. The third-order valence-electron chi connectivity index (χ3n) is 4.19. The van der Waals surface area contributed by atoms with E-state index in [1.807, 2.05) is 0 Å². The number of halogens is 1. The molecule has 0 saturated carbocycles. The van der Waals surface area contributed by atoms with Crippen molar-refractivity contribution in [2.75, 3.05) is 17.3 Å². The fourth-order valence-corrected chi connectivity index (χ4v) is 2.90. The summed E-state index contributed by atoms with van der Waals surface area (Å²) in [5.41, 5.74) is 0.955. The Morgan fingerprint density at radius 2 is 2.04 bits per heavy atom. The van der Waals surface area contributed by atoms with Crippen LogP contribution in [0.25, 0.3) is 0 Å². The molecule has 1 unspecified atom stereocenters. The lowest BCUT2D eigenvalue weighted by molar-refractivity contribution is -0.125. The first-order valence-electron chi connectivity index (χ1n) is 8.39. The summed E-state index contributed by atoms with van der Waals surface area (Å²) in [6.07, 6.45) is -0.528. The van der Waals surface area contributed by atoms with Gasteiger partial charge in [0.05, 0.1) is 5.69 Å². The van der Waals surface area contributed by atoms with Gasteiger partial charge in [-0.1, -0.05) is 17.7 Å². The van der Waals surface area contributed by atoms with Gasteiger partial charge in [0.25, 0.3) is 5.91 Å². The maximum absolute atomic E-state index is 12.4. The van der Waals surface area contributed by atoms with E-state index in [2.05, 4.69) is 10.3 Å². The minimum atomic E-state index is -0.562. The summed E-state index contributed by atoms with van der Waals surface area (Å²) in [5, 5.41) is 2.87. The number of rotatable bonds is 5. The number of hydrogen-bond acceptors (Lipinski definition) is 5. The summed E-state index contributed by atoms with van der Waals surface area (Å²) < 4.78 is 5.54. The average Bonchev–Trinajstić information content (AvgIpc) is 2.64. The molecule has 1 aromatic carbocycles. The molecular weight excluding hydrogens is 370 g/mol. The molecule has 2 heterocycles. The maximum Gasteiger partial charge on any atom is 0.267 e. The third kappa shape index (κ3) is 4.25. The topological polar surface area (TPSA) is 88.6 Å². The average molecular weight is 388 g/mol. The summed E-state index contributed by atoms with van der Waals surface area (Å²) in [6, 6.07) is 9.79. The van der Waals surface area contributed by atoms with Crippen molar-refractivity contribution in [1.82, 2.24) is 4.98 Å². The number of fused-ring (bicyclic) bond motifs is 1. The van der Waals surface area contributed by atoms with Crippen LogP contribution in [0.15, 0.2) is 36.4 Å². The predicted octanol–water partition coefficient (Wildman–Crippen LogP) is 3.08. The van der Waals surface area contributed by atoms with Crippen molar-refractivity contribution in [2.45, 2.75) is 25.9 Å². The third-order valence-corrected chi connectivity index (χ3v) is 4.40. The quantitative estimate of drug-likeness (QED) is 0.629. The predicted molar refractivity (Wildman–Crippen MR) is 101 cm³/mol. The van der Waals surface area contributed by atoms with Crippen LogP contribution in [-0.2, 0) is 9.59 Å². The number of pyridine rings is 1. The lowest BCUT2D eigenvalue weighted by atomic mass is 10.0. The fraction of sp³-hybridized carbons (Fsp3) is 0.263. The highest BCUT2D eigenvalue weighted by Gasteiger charge is 2.29. The highest BCUT2D eigenvalue weighted by Crippen LogP contribution is 2.34. The van der Waals surface area contributed by atoms with Gasteiger partial charge in [0.1, 0.15) is 16.7 Å². The Morgan fingerprint density at radius 3 is 2.78 bits per heavy atom. The minimum absolute atomic E-state index is 0.00636. The fourth-order valence-electron chi connectivity index (χ4n) is 2.74. The van der Waals surface area contributed by atoms with Crippen molar-refractivity contribution in [1.29, 1.82) is 0 Å².